The van der Waals surface area contributed by atoms with Crippen LogP contribution in [-0.2, 0) is 6.54 Å². The van der Waals surface area contributed by atoms with Gasteiger partial charge in [-0.15, -0.1) is 11.3 Å². The zero-order valence-electron chi connectivity index (χ0n) is 10.3. The van der Waals surface area contributed by atoms with Crippen molar-refractivity contribution in [3.63, 3.8) is 0 Å². The molecule has 2 heterocycles. The summed E-state index contributed by atoms with van der Waals surface area (Å²) in [5.74, 6) is 0.953. The molecule has 2 nitrogen and oxygen atoms in total. The highest BCUT2D eigenvalue weighted by molar-refractivity contribution is 8.14. The Morgan fingerprint density at radius 1 is 1.41 bits per heavy atom. The van der Waals surface area contributed by atoms with Gasteiger partial charge in [0.05, 0.1) is 13.1 Å². The number of thiophene rings is 1. The van der Waals surface area contributed by atoms with Crippen LogP contribution in [0.3, 0.4) is 0 Å². The lowest BCUT2D eigenvalue weighted by Crippen LogP contribution is -2.18. The van der Waals surface area contributed by atoms with Gasteiger partial charge in [0, 0.05) is 15.0 Å². The van der Waals surface area contributed by atoms with E-state index >= 15 is 0 Å². The molecule has 1 saturated carbocycles. The van der Waals surface area contributed by atoms with E-state index in [1.807, 2.05) is 23.1 Å². The molecule has 0 amide bonds. The lowest BCUT2D eigenvalue weighted by Gasteiger charge is -2.06. The zero-order valence-corrected chi connectivity index (χ0v) is 12.0. The molecule has 17 heavy (non-hydrogen) atoms. The largest absolute Gasteiger partial charge is 0.360 e. The minimum Gasteiger partial charge on any atom is -0.360 e. The number of hydrogen-bond donors (Lipinski definition) is 1. The Bertz CT molecular complexity index is 427. The molecule has 1 N–H and O–H groups in total. The molecule has 0 aromatic carbocycles. The van der Waals surface area contributed by atoms with Crippen molar-refractivity contribution in [2.75, 3.05) is 6.54 Å². The summed E-state index contributed by atoms with van der Waals surface area (Å²) in [6.07, 6.45) is 2.84. The minimum atomic E-state index is 0.768. The summed E-state index contributed by atoms with van der Waals surface area (Å²) in [6, 6.07) is 2.28. The van der Waals surface area contributed by atoms with Gasteiger partial charge in [-0.1, -0.05) is 11.8 Å². The van der Waals surface area contributed by atoms with Crippen molar-refractivity contribution in [1.29, 1.82) is 0 Å². The van der Waals surface area contributed by atoms with E-state index in [4.69, 9.17) is 0 Å². The van der Waals surface area contributed by atoms with Gasteiger partial charge in [-0.3, -0.25) is 4.99 Å². The molecule has 4 heteroatoms. The molecule has 1 atom stereocenters. The van der Waals surface area contributed by atoms with Crippen molar-refractivity contribution in [2.45, 2.75) is 38.5 Å². The van der Waals surface area contributed by atoms with Crippen LogP contribution < -0.4 is 5.32 Å². The average Bonchev–Trinajstić information content (AvgIpc) is 2.96. The number of amidine groups is 1. The smallest absolute Gasteiger partial charge is 0.157 e. The van der Waals surface area contributed by atoms with E-state index < -0.39 is 0 Å². The molecule has 0 saturated heterocycles. The highest BCUT2D eigenvalue weighted by Gasteiger charge is 2.35. The summed E-state index contributed by atoms with van der Waals surface area (Å²) in [7, 11) is 0. The fourth-order valence-corrected chi connectivity index (χ4v) is 4.30. The number of hydrogen-bond acceptors (Lipinski definition) is 4. The van der Waals surface area contributed by atoms with Gasteiger partial charge in [-0.2, -0.15) is 0 Å². The molecule has 1 fully saturated rings. The van der Waals surface area contributed by atoms with Gasteiger partial charge in [0.25, 0.3) is 0 Å². The van der Waals surface area contributed by atoms with Crippen molar-refractivity contribution in [3.05, 3.63) is 21.4 Å². The topological polar surface area (TPSA) is 24.4 Å². The molecule has 92 valence electrons. The molecule has 1 unspecified atom stereocenters. The minimum absolute atomic E-state index is 0.768. The van der Waals surface area contributed by atoms with E-state index in [9.17, 15) is 0 Å². The number of nitrogens with zero attached hydrogens (tertiary/aromatic N) is 1. The Hall–Kier alpha value is -0.480. The van der Waals surface area contributed by atoms with Crippen molar-refractivity contribution < 1.29 is 0 Å². The zero-order chi connectivity index (χ0) is 11.8. The maximum atomic E-state index is 4.60. The van der Waals surface area contributed by atoms with E-state index in [1.54, 1.807) is 0 Å². The fraction of sp³-hybridized carbons (Fsp3) is 0.615. The number of rotatable bonds is 3. The summed E-state index contributed by atoms with van der Waals surface area (Å²) in [5, 5.41) is 5.40. The van der Waals surface area contributed by atoms with Crippen LogP contribution in [0.5, 0.6) is 0 Å². The van der Waals surface area contributed by atoms with E-state index in [0.29, 0.717) is 0 Å². The van der Waals surface area contributed by atoms with E-state index in [1.165, 1.54) is 28.2 Å². The molecule has 0 bridgehead atoms. The molecule has 1 aromatic heterocycles. The van der Waals surface area contributed by atoms with E-state index in [-0.39, 0.29) is 0 Å². The van der Waals surface area contributed by atoms with E-state index in [0.717, 1.165) is 29.4 Å². The van der Waals surface area contributed by atoms with Gasteiger partial charge in [0.2, 0.25) is 0 Å². The maximum Gasteiger partial charge on any atom is 0.157 e. The van der Waals surface area contributed by atoms with Crippen molar-refractivity contribution in [1.82, 2.24) is 5.32 Å². The predicted molar refractivity (Wildman–Crippen MR) is 77.0 cm³/mol. The molecule has 1 aliphatic heterocycles. The highest BCUT2D eigenvalue weighted by Crippen LogP contribution is 2.41. The number of nitrogens with one attached hydrogen (secondary N) is 1. The first-order valence-corrected chi connectivity index (χ1v) is 7.93. The molecule has 3 rings (SSSR count). The second-order valence-electron chi connectivity index (χ2n) is 4.95. The first kappa shape index (κ1) is 11.6. The van der Waals surface area contributed by atoms with Crippen LogP contribution in [0.2, 0.25) is 0 Å². The Labute approximate surface area is 111 Å². The number of aryl methyl sites for hydroxylation is 2. The van der Waals surface area contributed by atoms with Crippen molar-refractivity contribution >= 4 is 28.3 Å². The predicted octanol–water partition coefficient (Wildman–Crippen LogP) is 3.34. The molecular formula is C13H18N2S2. The van der Waals surface area contributed by atoms with Crippen LogP contribution in [0.15, 0.2) is 11.1 Å². The third-order valence-electron chi connectivity index (χ3n) is 3.46. The van der Waals surface area contributed by atoms with Crippen molar-refractivity contribution in [2.24, 2.45) is 10.9 Å². The van der Waals surface area contributed by atoms with Gasteiger partial charge < -0.3 is 5.32 Å². The normalized spacial score (nSPS) is 23.9. The molecule has 1 aliphatic carbocycles. The highest BCUT2D eigenvalue weighted by atomic mass is 32.2. The fourth-order valence-electron chi connectivity index (χ4n) is 2.10. The number of thioether (sulfide) groups is 1. The van der Waals surface area contributed by atoms with Crippen LogP contribution in [0.1, 0.15) is 28.2 Å². The summed E-state index contributed by atoms with van der Waals surface area (Å²) in [6.45, 7) is 6.33. The average molecular weight is 266 g/mol. The monoisotopic (exact) mass is 266 g/mol. The molecular weight excluding hydrogens is 248 g/mol. The third-order valence-corrected chi connectivity index (χ3v) is 5.94. The van der Waals surface area contributed by atoms with Crippen LogP contribution in [0, 0.1) is 19.8 Å². The van der Waals surface area contributed by atoms with Crippen LogP contribution in [-0.4, -0.2) is 17.0 Å². The molecule has 0 spiro atoms. The third kappa shape index (κ3) is 2.68. The lowest BCUT2D eigenvalue weighted by atomic mass is 10.3. The number of aliphatic imine (C=N–C) groups is 1. The SMILES string of the molecule is Cc1cc(CNC2=NCC(C3CC3)S2)sc1C. The first-order valence-electron chi connectivity index (χ1n) is 6.23. The van der Waals surface area contributed by atoms with Gasteiger partial charge >= 0.3 is 0 Å². The maximum absolute atomic E-state index is 4.60. The van der Waals surface area contributed by atoms with Gasteiger partial charge in [-0.25, -0.2) is 0 Å². The van der Waals surface area contributed by atoms with Gasteiger partial charge in [0.1, 0.15) is 0 Å². The Morgan fingerprint density at radius 2 is 2.24 bits per heavy atom. The summed E-state index contributed by atoms with van der Waals surface area (Å²) >= 11 is 3.85. The molecule has 0 radical (unpaired) electrons. The molecule has 2 aliphatic rings. The molecule has 1 aromatic rings. The van der Waals surface area contributed by atoms with Crippen LogP contribution in [0.25, 0.3) is 0 Å². The van der Waals surface area contributed by atoms with Crippen LogP contribution in [0.4, 0.5) is 0 Å². The van der Waals surface area contributed by atoms with Crippen molar-refractivity contribution in [3.8, 4) is 0 Å². The second kappa shape index (κ2) is 4.65. The van der Waals surface area contributed by atoms with Crippen LogP contribution >= 0.6 is 23.1 Å². The lowest BCUT2D eigenvalue weighted by molar-refractivity contribution is 0.772. The summed E-state index contributed by atoms with van der Waals surface area (Å²) < 4.78 is 0. The van der Waals surface area contributed by atoms with Gasteiger partial charge in [0.15, 0.2) is 5.17 Å². The summed E-state index contributed by atoms with van der Waals surface area (Å²) in [4.78, 5) is 7.44. The second-order valence-corrected chi connectivity index (χ2v) is 7.51. The first-order chi connectivity index (χ1) is 8.22. The Morgan fingerprint density at radius 3 is 2.88 bits per heavy atom. The quantitative estimate of drug-likeness (QED) is 0.907. The summed E-state index contributed by atoms with van der Waals surface area (Å²) in [5.41, 5.74) is 1.41. The van der Waals surface area contributed by atoms with E-state index in [2.05, 4.69) is 30.2 Å². The Kier molecular flexibility index (Phi) is 3.17. The Balaban J connectivity index is 1.51. The van der Waals surface area contributed by atoms with Gasteiger partial charge in [-0.05, 0) is 44.2 Å². The standard InChI is InChI=1S/C13H18N2S2/c1-8-5-11(16-9(8)2)6-14-13-15-7-12(17-13)10-3-4-10/h5,10,12H,3-4,6-7H2,1-2H3,(H,14,15).